The minimum atomic E-state index is -0.801. The number of hydrogen-bond acceptors (Lipinski definition) is 6. The van der Waals surface area contributed by atoms with E-state index >= 15 is 0 Å². The molecule has 0 radical (unpaired) electrons. The molecule has 0 saturated carbocycles. The highest BCUT2D eigenvalue weighted by Crippen LogP contribution is 2.15. The molecular formula is C71H116O6. The maximum absolute atomic E-state index is 12.9. The van der Waals surface area contributed by atoms with Crippen molar-refractivity contribution >= 4 is 17.9 Å². The first-order valence-electron chi connectivity index (χ1n) is 31.7. The lowest BCUT2D eigenvalue weighted by atomic mass is 10.1. The molecule has 6 heteroatoms. The zero-order valence-corrected chi connectivity index (χ0v) is 49.9. The number of esters is 3. The number of hydrogen-bond donors (Lipinski definition) is 0. The molecule has 0 aliphatic carbocycles. The Morgan fingerprint density at radius 1 is 0.273 bits per heavy atom. The molecule has 0 bridgehead atoms. The summed E-state index contributed by atoms with van der Waals surface area (Å²) in [5.74, 6) is -0.937. The SMILES string of the molecule is CC/C=C\C/C=C\C/C=C\C/C=C\C/C=C\C/C=C\CCCCCCCCCCCCC(=O)OCC(COC(=O)CCCCC/C=C\C/C=C\C/C=C\CC)OC(=O)CCCCCCCCC/C=C\C/C=C\CCCCC. The van der Waals surface area contributed by atoms with Crippen LogP contribution in [0.15, 0.2) is 134 Å². The van der Waals surface area contributed by atoms with Gasteiger partial charge in [0, 0.05) is 19.3 Å². The van der Waals surface area contributed by atoms with Gasteiger partial charge in [-0.15, -0.1) is 0 Å². The minimum Gasteiger partial charge on any atom is -0.462 e. The van der Waals surface area contributed by atoms with Gasteiger partial charge >= 0.3 is 17.9 Å². The standard InChI is InChI=1S/C71H116O6/c1-4-7-10-13-16-19-22-25-27-29-30-31-32-33-34-35-36-37-38-39-40-42-43-46-49-52-55-58-61-64-70(73)76-67-68(66-75-69(72)63-60-57-54-51-48-45-24-21-18-15-12-9-6-3)77-71(74)65-62-59-56-53-50-47-44-41-28-26-23-20-17-14-11-8-5-2/h7,9-10,12,16-21,25-28,30-31,33-34,36-37,45,48,68H,4-6,8,11,13-15,22-24,29,32,35,38-44,46-47,49-67H2,1-3H3/b10-7-,12-9-,19-16-,20-17-,21-18-,27-25-,28-26-,31-30-,34-33-,37-36-,48-45-. The molecule has 436 valence electrons. The van der Waals surface area contributed by atoms with Gasteiger partial charge < -0.3 is 14.2 Å². The zero-order chi connectivity index (χ0) is 55.7. The second kappa shape index (κ2) is 64.1. The lowest BCUT2D eigenvalue weighted by Gasteiger charge is -2.18. The Kier molecular flexibility index (Phi) is 60.4. The van der Waals surface area contributed by atoms with Gasteiger partial charge in [-0.3, -0.25) is 14.4 Å². The summed E-state index contributed by atoms with van der Waals surface area (Å²) in [4.78, 5) is 38.3. The molecule has 77 heavy (non-hydrogen) atoms. The van der Waals surface area contributed by atoms with Crippen LogP contribution < -0.4 is 0 Å². The van der Waals surface area contributed by atoms with Gasteiger partial charge in [0.25, 0.3) is 0 Å². The van der Waals surface area contributed by atoms with Crippen molar-refractivity contribution in [1.29, 1.82) is 0 Å². The van der Waals surface area contributed by atoms with Crippen LogP contribution in [0, 0.1) is 0 Å². The number of unbranched alkanes of at least 4 members (excludes halogenated alkanes) is 23. The Morgan fingerprint density at radius 3 is 0.805 bits per heavy atom. The van der Waals surface area contributed by atoms with Gasteiger partial charge in [-0.25, -0.2) is 0 Å². The predicted octanol–water partition coefficient (Wildman–Crippen LogP) is 21.8. The Labute approximate surface area is 475 Å². The van der Waals surface area contributed by atoms with E-state index < -0.39 is 6.10 Å². The van der Waals surface area contributed by atoms with Crippen molar-refractivity contribution in [2.75, 3.05) is 13.2 Å². The lowest BCUT2D eigenvalue weighted by Crippen LogP contribution is -2.30. The quantitative estimate of drug-likeness (QED) is 0.0261. The van der Waals surface area contributed by atoms with Crippen LogP contribution in [0.4, 0.5) is 0 Å². The van der Waals surface area contributed by atoms with E-state index in [9.17, 15) is 14.4 Å². The van der Waals surface area contributed by atoms with Crippen LogP contribution >= 0.6 is 0 Å². The Morgan fingerprint density at radius 2 is 0.506 bits per heavy atom. The molecule has 1 unspecified atom stereocenters. The fraction of sp³-hybridized carbons (Fsp3) is 0.648. The molecular weight excluding hydrogens is 949 g/mol. The predicted molar refractivity (Wildman–Crippen MR) is 334 cm³/mol. The molecule has 0 aromatic rings. The van der Waals surface area contributed by atoms with Gasteiger partial charge in [-0.05, 0) is 135 Å². The first-order chi connectivity index (χ1) is 38.0. The molecule has 0 aromatic carbocycles. The maximum Gasteiger partial charge on any atom is 0.306 e. The normalized spacial score (nSPS) is 13.0. The Hall–Kier alpha value is -4.45. The summed E-state index contributed by atoms with van der Waals surface area (Å²) in [5.41, 5.74) is 0. The third kappa shape index (κ3) is 62.3. The first kappa shape index (κ1) is 72.5. The third-order valence-corrected chi connectivity index (χ3v) is 13.1. The summed E-state index contributed by atoms with van der Waals surface area (Å²) < 4.78 is 16.9. The van der Waals surface area contributed by atoms with E-state index in [1.54, 1.807) is 0 Å². The van der Waals surface area contributed by atoms with E-state index in [-0.39, 0.29) is 31.1 Å². The summed E-state index contributed by atoms with van der Waals surface area (Å²) in [5, 5.41) is 0. The van der Waals surface area contributed by atoms with Crippen LogP contribution in [0.3, 0.4) is 0 Å². The van der Waals surface area contributed by atoms with E-state index in [4.69, 9.17) is 14.2 Å². The summed E-state index contributed by atoms with van der Waals surface area (Å²) in [7, 11) is 0. The number of ether oxygens (including phenoxy) is 3. The molecule has 0 saturated heterocycles. The Bertz CT molecular complexity index is 1650. The summed E-state index contributed by atoms with van der Waals surface area (Å²) in [6, 6.07) is 0. The average Bonchev–Trinajstić information content (AvgIpc) is 3.43. The van der Waals surface area contributed by atoms with E-state index in [0.717, 1.165) is 135 Å². The average molecular weight is 1070 g/mol. The van der Waals surface area contributed by atoms with Gasteiger partial charge in [0.05, 0.1) is 0 Å². The van der Waals surface area contributed by atoms with Crippen LogP contribution in [-0.2, 0) is 28.6 Å². The summed E-state index contributed by atoms with van der Waals surface area (Å²) in [6.45, 7) is 6.36. The van der Waals surface area contributed by atoms with Gasteiger partial charge in [0.2, 0.25) is 0 Å². The van der Waals surface area contributed by atoms with Gasteiger partial charge in [0.1, 0.15) is 13.2 Å². The minimum absolute atomic E-state index is 0.0961. The van der Waals surface area contributed by atoms with Crippen molar-refractivity contribution in [3.63, 3.8) is 0 Å². The largest absolute Gasteiger partial charge is 0.462 e. The molecule has 0 heterocycles. The van der Waals surface area contributed by atoms with Crippen molar-refractivity contribution in [2.45, 2.75) is 284 Å². The van der Waals surface area contributed by atoms with Crippen LogP contribution in [0.5, 0.6) is 0 Å². The summed E-state index contributed by atoms with van der Waals surface area (Å²) in [6.07, 6.45) is 90.3. The van der Waals surface area contributed by atoms with Crippen molar-refractivity contribution < 1.29 is 28.6 Å². The topological polar surface area (TPSA) is 78.9 Å². The maximum atomic E-state index is 12.9. The van der Waals surface area contributed by atoms with Crippen LogP contribution in [0.1, 0.15) is 278 Å². The van der Waals surface area contributed by atoms with E-state index in [1.807, 2.05) is 0 Å². The highest BCUT2D eigenvalue weighted by atomic mass is 16.6. The van der Waals surface area contributed by atoms with Crippen molar-refractivity contribution in [1.82, 2.24) is 0 Å². The van der Waals surface area contributed by atoms with Gasteiger partial charge in [0.15, 0.2) is 6.10 Å². The summed E-state index contributed by atoms with van der Waals surface area (Å²) >= 11 is 0. The van der Waals surface area contributed by atoms with E-state index in [1.165, 1.54) is 103 Å². The van der Waals surface area contributed by atoms with Crippen molar-refractivity contribution in [2.24, 2.45) is 0 Å². The molecule has 0 aromatic heterocycles. The molecule has 0 amide bonds. The third-order valence-electron chi connectivity index (χ3n) is 13.1. The highest BCUT2D eigenvalue weighted by Gasteiger charge is 2.19. The van der Waals surface area contributed by atoms with Crippen molar-refractivity contribution in [3.8, 4) is 0 Å². The zero-order valence-electron chi connectivity index (χ0n) is 49.9. The molecule has 0 N–H and O–H groups in total. The van der Waals surface area contributed by atoms with E-state index in [0.29, 0.717) is 19.3 Å². The van der Waals surface area contributed by atoms with Crippen LogP contribution in [0.2, 0.25) is 0 Å². The second-order valence-electron chi connectivity index (χ2n) is 20.5. The molecule has 6 nitrogen and oxygen atoms in total. The number of carbonyl (C=O) groups is 3. The van der Waals surface area contributed by atoms with E-state index in [2.05, 4.69) is 154 Å². The first-order valence-corrected chi connectivity index (χ1v) is 31.7. The molecule has 0 spiro atoms. The molecule has 1 atom stereocenters. The Balaban J connectivity index is 4.33. The number of rotatable bonds is 56. The fourth-order valence-electron chi connectivity index (χ4n) is 8.43. The molecule has 0 rings (SSSR count). The van der Waals surface area contributed by atoms with Crippen molar-refractivity contribution in [3.05, 3.63) is 134 Å². The number of allylic oxidation sites excluding steroid dienone is 22. The highest BCUT2D eigenvalue weighted by molar-refractivity contribution is 5.71. The van der Waals surface area contributed by atoms with Crippen LogP contribution in [-0.4, -0.2) is 37.2 Å². The second-order valence-corrected chi connectivity index (χ2v) is 20.5. The van der Waals surface area contributed by atoms with Crippen LogP contribution in [0.25, 0.3) is 0 Å². The lowest BCUT2D eigenvalue weighted by molar-refractivity contribution is -0.167. The number of carbonyl (C=O) groups excluding carboxylic acids is 3. The molecule has 0 aliphatic rings. The smallest absolute Gasteiger partial charge is 0.306 e. The molecule has 0 aliphatic heterocycles. The van der Waals surface area contributed by atoms with Gasteiger partial charge in [-0.2, -0.15) is 0 Å². The molecule has 0 fully saturated rings. The fourth-order valence-corrected chi connectivity index (χ4v) is 8.43. The van der Waals surface area contributed by atoms with Gasteiger partial charge in [-0.1, -0.05) is 257 Å². The monoisotopic (exact) mass is 1060 g/mol.